The van der Waals surface area contributed by atoms with Crippen LogP contribution in [0.2, 0.25) is 0 Å². The van der Waals surface area contributed by atoms with Gasteiger partial charge in [-0.15, -0.1) is 0 Å². The summed E-state index contributed by atoms with van der Waals surface area (Å²) < 4.78 is 36.9. The van der Waals surface area contributed by atoms with Gasteiger partial charge < -0.3 is 13.8 Å². The highest BCUT2D eigenvalue weighted by atomic mass is 32.3. The SMILES string of the molecule is C=C(C)C(=O)OCC[N+](C)(C)CC.COS(=O)(=O)[O-]. The van der Waals surface area contributed by atoms with Crippen molar-refractivity contribution in [2.75, 3.05) is 40.9 Å². The first-order valence-corrected chi connectivity index (χ1v) is 6.94. The van der Waals surface area contributed by atoms with Gasteiger partial charge in [0.25, 0.3) is 0 Å². The maximum absolute atomic E-state index is 11.0. The lowest BCUT2D eigenvalue weighted by Crippen LogP contribution is -2.42. The molecule has 0 rings (SSSR count). The van der Waals surface area contributed by atoms with Crippen LogP contribution in [0.25, 0.3) is 0 Å². The van der Waals surface area contributed by atoms with Crippen molar-refractivity contribution in [1.29, 1.82) is 0 Å². The van der Waals surface area contributed by atoms with E-state index in [4.69, 9.17) is 4.74 Å². The first-order valence-electron chi connectivity index (χ1n) is 5.61. The Labute approximate surface area is 115 Å². The molecule has 114 valence electrons. The zero-order valence-corrected chi connectivity index (χ0v) is 12.9. The highest BCUT2D eigenvalue weighted by Crippen LogP contribution is 1.97. The van der Waals surface area contributed by atoms with Crippen molar-refractivity contribution in [3.05, 3.63) is 12.2 Å². The first kappa shape index (κ1) is 20.4. The Morgan fingerprint density at radius 1 is 1.37 bits per heavy atom. The molecule has 7 nitrogen and oxygen atoms in total. The summed E-state index contributed by atoms with van der Waals surface area (Å²) in [5.74, 6) is -0.295. The lowest BCUT2D eigenvalue weighted by atomic mass is 10.4. The fraction of sp³-hybridized carbons (Fsp3) is 0.727. The molecule has 0 saturated heterocycles. The summed E-state index contributed by atoms with van der Waals surface area (Å²) in [6.45, 7) is 9.62. The number of nitrogens with zero attached hydrogens (tertiary/aromatic N) is 1. The van der Waals surface area contributed by atoms with Crippen LogP contribution in [-0.4, -0.2) is 64.3 Å². The maximum atomic E-state index is 11.0. The average molecular weight is 297 g/mol. The minimum atomic E-state index is -4.41. The van der Waals surface area contributed by atoms with Gasteiger partial charge in [-0.25, -0.2) is 13.2 Å². The highest BCUT2D eigenvalue weighted by molar-refractivity contribution is 7.80. The molecular weight excluding hydrogens is 274 g/mol. The Morgan fingerprint density at radius 2 is 1.79 bits per heavy atom. The Hall–Kier alpha value is -0.960. The molecule has 0 saturated carbocycles. The molecule has 19 heavy (non-hydrogen) atoms. The molecule has 0 aliphatic rings. The quantitative estimate of drug-likeness (QED) is 0.230. The predicted octanol–water partition coefficient (Wildman–Crippen LogP) is 0.295. The van der Waals surface area contributed by atoms with Crippen molar-refractivity contribution in [1.82, 2.24) is 0 Å². The number of carbonyl (C=O) groups is 1. The Bertz CT molecular complexity index is 388. The molecule has 0 fully saturated rings. The molecule has 0 atom stereocenters. The molecular formula is C11H23NO6S. The number of carbonyl (C=O) groups excluding carboxylic acids is 1. The van der Waals surface area contributed by atoms with E-state index >= 15 is 0 Å². The molecule has 0 heterocycles. The molecule has 0 aliphatic carbocycles. The normalized spacial score (nSPS) is 11.3. The van der Waals surface area contributed by atoms with E-state index in [2.05, 4.69) is 31.8 Å². The van der Waals surface area contributed by atoms with Crippen molar-refractivity contribution in [2.24, 2.45) is 0 Å². The zero-order chi connectivity index (χ0) is 15.7. The van der Waals surface area contributed by atoms with E-state index < -0.39 is 10.4 Å². The van der Waals surface area contributed by atoms with Gasteiger partial charge in [0.1, 0.15) is 13.2 Å². The van der Waals surface area contributed by atoms with Crippen molar-refractivity contribution in [3.8, 4) is 0 Å². The van der Waals surface area contributed by atoms with Crippen LogP contribution in [0, 0.1) is 0 Å². The third-order valence-electron chi connectivity index (χ3n) is 2.34. The number of rotatable bonds is 6. The number of likely N-dealkylation sites (N-methyl/N-ethyl adjacent to an activating group) is 1. The molecule has 0 radical (unpaired) electrons. The summed E-state index contributed by atoms with van der Waals surface area (Å²) in [5.41, 5.74) is 0.460. The second-order valence-electron chi connectivity index (χ2n) is 4.47. The Kier molecular flexibility index (Phi) is 9.67. The summed E-state index contributed by atoms with van der Waals surface area (Å²) >= 11 is 0. The lowest BCUT2D eigenvalue weighted by molar-refractivity contribution is -0.888. The van der Waals surface area contributed by atoms with Gasteiger partial charge in [0, 0.05) is 5.57 Å². The fourth-order valence-electron chi connectivity index (χ4n) is 0.667. The molecule has 0 unspecified atom stereocenters. The van der Waals surface area contributed by atoms with E-state index in [1.54, 1.807) is 6.92 Å². The van der Waals surface area contributed by atoms with E-state index in [0.29, 0.717) is 12.2 Å². The minimum Gasteiger partial charge on any atom is -0.726 e. The number of ether oxygens (including phenoxy) is 1. The molecule has 0 N–H and O–H groups in total. The number of quaternary nitrogens is 1. The van der Waals surface area contributed by atoms with Crippen LogP contribution in [0.15, 0.2) is 12.2 Å². The summed E-state index contributed by atoms with van der Waals surface area (Å²) in [5, 5.41) is 0. The van der Waals surface area contributed by atoms with Crippen LogP contribution in [0.5, 0.6) is 0 Å². The number of hydrogen-bond donors (Lipinski definition) is 0. The Balaban J connectivity index is 0. The Morgan fingerprint density at radius 3 is 2.05 bits per heavy atom. The van der Waals surface area contributed by atoms with Crippen LogP contribution >= 0.6 is 0 Å². The van der Waals surface area contributed by atoms with Crippen LogP contribution in [-0.2, 0) is 24.1 Å². The number of esters is 1. The van der Waals surface area contributed by atoms with E-state index in [1.807, 2.05) is 0 Å². The summed E-state index contributed by atoms with van der Waals surface area (Å²) in [6.07, 6.45) is 0. The topological polar surface area (TPSA) is 92.7 Å². The number of hydrogen-bond acceptors (Lipinski definition) is 6. The van der Waals surface area contributed by atoms with Crippen molar-refractivity contribution in [2.45, 2.75) is 13.8 Å². The molecule has 8 heteroatoms. The predicted molar refractivity (Wildman–Crippen MR) is 70.0 cm³/mol. The van der Waals surface area contributed by atoms with E-state index in [1.165, 1.54) is 0 Å². The highest BCUT2D eigenvalue weighted by Gasteiger charge is 2.12. The van der Waals surface area contributed by atoms with E-state index in [-0.39, 0.29) is 5.97 Å². The van der Waals surface area contributed by atoms with Gasteiger partial charge in [0.2, 0.25) is 10.4 Å². The smallest absolute Gasteiger partial charge is 0.333 e. The maximum Gasteiger partial charge on any atom is 0.333 e. The van der Waals surface area contributed by atoms with Crippen LogP contribution in [0.4, 0.5) is 0 Å². The van der Waals surface area contributed by atoms with Gasteiger partial charge in [0.05, 0.1) is 27.7 Å². The molecule has 0 aromatic rings. The lowest BCUT2D eigenvalue weighted by Gasteiger charge is -2.27. The average Bonchev–Trinajstić information content (AvgIpc) is 2.28. The van der Waals surface area contributed by atoms with Gasteiger partial charge in [-0.2, -0.15) is 0 Å². The second-order valence-corrected chi connectivity index (χ2v) is 5.62. The third kappa shape index (κ3) is 15.0. The van der Waals surface area contributed by atoms with Gasteiger partial charge in [-0.1, -0.05) is 6.58 Å². The molecule has 0 aromatic heterocycles. The first-order chi connectivity index (χ1) is 8.45. The molecule has 0 aromatic carbocycles. The molecule has 0 aliphatic heterocycles. The fourth-order valence-corrected chi connectivity index (χ4v) is 0.667. The molecule has 0 amide bonds. The van der Waals surface area contributed by atoms with Gasteiger partial charge in [-0.05, 0) is 13.8 Å². The van der Waals surface area contributed by atoms with E-state index in [0.717, 1.165) is 24.7 Å². The van der Waals surface area contributed by atoms with Gasteiger partial charge in [0.15, 0.2) is 0 Å². The minimum absolute atomic E-state index is 0.295. The zero-order valence-electron chi connectivity index (χ0n) is 12.1. The van der Waals surface area contributed by atoms with Gasteiger partial charge >= 0.3 is 5.97 Å². The summed E-state index contributed by atoms with van der Waals surface area (Å²) in [6, 6.07) is 0. The second kappa shape index (κ2) is 9.03. The largest absolute Gasteiger partial charge is 0.726 e. The summed E-state index contributed by atoms with van der Waals surface area (Å²) in [7, 11) is 0.607. The molecule has 0 bridgehead atoms. The van der Waals surface area contributed by atoms with Crippen molar-refractivity contribution < 1.29 is 31.2 Å². The molecule has 0 spiro atoms. The van der Waals surface area contributed by atoms with E-state index in [9.17, 15) is 17.8 Å². The van der Waals surface area contributed by atoms with Crippen molar-refractivity contribution in [3.63, 3.8) is 0 Å². The van der Waals surface area contributed by atoms with Crippen LogP contribution in [0.1, 0.15) is 13.8 Å². The summed E-state index contributed by atoms with van der Waals surface area (Å²) in [4.78, 5) is 11.0. The standard InChI is InChI=1S/C10H20NO2.CH4O4S/c1-6-11(4,5)7-8-13-10(12)9(2)3;1-5-6(2,3)4/h2,6-8H2,1,3-5H3;1H3,(H,2,3,4)/q+1;/p-1. The monoisotopic (exact) mass is 297 g/mol. The third-order valence-corrected chi connectivity index (χ3v) is 2.75. The van der Waals surface area contributed by atoms with Crippen LogP contribution < -0.4 is 0 Å². The van der Waals surface area contributed by atoms with Crippen LogP contribution in [0.3, 0.4) is 0 Å². The van der Waals surface area contributed by atoms with Crippen molar-refractivity contribution >= 4 is 16.4 Å². The van der Waals surface area contributed by atoms with Gasteiger partial charge in [-0.3, -0.25) is 4.18 Å².